The molecule has 0 aromatic heterocycles. The van der Waals surface area contributed by atoms with Gasteiger partial charge in [-0.1, -0.05) is 25.5 Å². The van der Waals surface area contributed by atoms with Gasteiger partial charge in [-0.2, -0.15) is 0 Å². The lowest BCUT2D eigenvalue weighted by Gasteiger charge is -2.13. The standard InChI is InChI=1S/C14H21NO/c1-2-3-10-16-13-6-4-12(5-7-13)14(11-15)8-9-14/h4-7H,2-3,8-11,15H2,1H3. The minimum absolute atomic E-state index is 0.294. The zero-order valence-electron chi connectivity index (χ0n) is 10.0. The molecular formula is C14H21NO. The van der Waals surface area contributed by atoms with Crippen LogP contribution in [0, 0.1) is 0 Å². The molecule has 1 aromatic carbocycles. The van der Waals surface area contributed by atoms with Crippen LogP contribution in [0.5, 0.6) is 5.75 Å². The first-order chi connectivity index (χ1) is 7.80. The third-order valence-corrected chi connectivity index (χ3v) is 3.48. The molecule has 1 fully saturated rings. The number of rotatable bonds is 6. The molecule has 88 valence electrons. The largest absolute Gasteiger partial charge is 0.494 e. The average molecular weight is 219 g/mol. The topological polar surface area (TPSA) is 35.2 Å². The highest BCUT2D eigenvalue weighted by molar-refractivity contribution is 5.36. The van der Waals surface area contributed by atoms with E-state index in [-0.39, 0.29) is 0 Å². The molecule has 0 heterocycles. The highest BCUT2D eigenvalue weighted by Gasteiger charge is 2.42. The van der Waals surface area contributed by atoms with Gasteiger partial charge in [0.15, 0.2) is 0 Å². The summed E-state index contributed by atoms with van der Waals surface area (Å²) in [7, 11) is 0. The van der Waals surface area contributed by atoms with Crippen LogP contribution in [0.2, 0.25) is 0 Å². The second kappa shape index (κ2) is 4.88. The molecular weight excluding hydrogens is 198 g/mol. The number of unbranched alkanes of at least 4 members (excludes halogenated alkanes) is 1. The molecule has 1 aliphatic rings. The third kappa shape index (κ3) is 2.38. The molecule has 1 saturated carbocycles. The summed E-state index contributed by atoms with van der Waals surface area (Å²) in [4.78, 5) is 0. The summed E-state index contributed by atoms with van der Waals surface area (Å²) in [6, 6.07) is 8.48. The van der Waals surface area contributed by atoms with Crippen LogP contribution in [0.25, 0.3) is 0 Å². The van der Waals surface area contributed by atoms with Gasteiger partial charge in [-0.25, -0.2) is 0 Å². The van der Waals surface area contributed by atoms with E-state index in [0.717, 1.165) is 25.3 Å². The van der Waals surface area contributed by atoms with Gasteiger partial charge >= 0.3 is 0 Å². The molecule has 0 aliphatic heterocycles. The second-order valence-electron chi connectivity index (χ2n) is 4.71. The molecule has 16 heavy (non-hydrogen) atoms. The van der Waals surface area contributed by atoms with Crippen molar-refractivity contribution in [3.05, 3.63) is 29.8 Å². The number of ether oxygens (including phenoxy) is 1. The molecule has 2 N–H and O–H groups in total. The molecule has 0 radical (unpaired) electrons. The molecule has 2 heteroatoms. The number of benzene rings is 1. The van der Waals surface area contributed by atoms with Gasteiger partial charge in [-0.05, 0) is 37.0 Å². The van der Waals surface area contributed by atoms with Gasteiger partial charge in [0.2, 0.25) is 0 Å². The van der Waals surface area contributed by atoms with Gasteiger partial charge in [0.25, 0.3) is 0 Å². The molecule has 0 bridgehead atoms. The fourth-order valence-corrected chi connectivity index (χ4v) is 2.00. The van der Waals surface area contributed by atoms with Gasteiger partial charge in [0.05, 0.1) is 6.61 Å². The van der Waals surface area contributed by atoms with Gasteiger partial charge in [0, 0.05) is 12.0 Å². The molecule has 2 rings (SSSR count). The zero-order chi connectivity index (χ0) is 11.4. The van der Waals surface area contributed by atoms with E-state index < -0.39 is 0 Å². The van der Waals surface area contributed by atoms with Crippen LogP contribution in [0.3, 0.4) is 0 Å². The van der Waals surface area contributed by atoms with E-state index in [1.165, 1.54) is 24.8 Å². The first-order valence-corrected chi connectivity index (χ1v) is 6.24. The van der Waals surface area contributed by atoms with Gasteiger partial charge in [0.1, 0.15) is 5.75 Å². The van der Waals surface area contributed by atoms with E-state index in [9.17, 15) is 0 Å². The van der Waals surface area contributed by atoms with Gasteiger partial charge in [-0.15, -0.1) is 0 Å². The molecule has 0 unspecified atom stereocenters. The highest BCUT2D eigenvalue weighted by atomic mass is 16.5. The second-order valence-corrected chi connectivity index (χ2v) is 4.71. The molecule has 0 amide bonds. The summed E-state index contributed by atoms with van der Waals surface area (Å²) >= 11 is 0. The molecule has 0 atom stereocenters. The smallest absolute Gasteiger partial charge is 0.119 e. The SMILES string of the molecule is CCCCOc1ccc(C2(CN)CC2)cc1. The first kappa shape index (κ1) is 11.5. The summed E-state index contributed by atoms with van der Waals surface area (Å²) in [6.45, 7) is 3.76. The van der Waals surface area contributed by atoms with Crippen LogP contribution in [0.15, 0.2) is 24.3 Å². The van der Waals surface area contributed by atoms with Crippen molar-refractivity contribution in [2.75, 3.05) is 13.2 Å². The van der Waals surface area contributed by atoms with Crippen molar-refractivity contribution in [3.8, 4) is 5.75 Å². The van der Waals surface area contributed by atoms with Crippen LogP contribution >= 0.6 is 0 Å². The van der Waals surface area contributed by atoms with Crippen molar-refractivity contribution < 1.29 is 4.74 Å². The van der Waals surface area contributed by atoms with Crippen molar-refractivity contribution in [1.82, 2.24) is 0 Å². The Bertz CT molecular complexity index is 327. The molecule has 1 aliphatic carbocycles. The van der Waals surface area contributed by atoms with E-state index in [1.807, 2.05) is 0 Å². The quantitative estimate of drug-likeness (QED) is 0.747. The Morgan fingerprint density at radius 1 is 1.25 bits per heavy atom. The maximum absolute atomic E-state index is 5.81. The van der Waals surface area contributed by atoms with Crippen LogP contribution in [-0.2, 0) is 5.41 Å². The zero-order valence-corrected chi connectivity index (χ0v) is 10.0. The van der Waals surface area contributed by atoms with E-state index in [0.29, 0.717) is 5.41 Å². The fraction of sp³-hybridized carbons (Fsp3) is 0.571. The Labute approximate surface area is 97.8 Å². The van der Waals surface area contributed by atoms with Gasteiger partial charge < -0.3 is 10.5 Å². The van der Waals surface area contributed by atoms with E-state index >= 15 is 0 Å². The number of hydrogen-bond acceptors (Lipinski definition) is 2. The Morgan fingerprint density at radius 3 is 2.44 bits per heavy atom. The predicted molar refractivity (Wildman–Crippen MR) is 66.8 cm³/mol. The van der Waals surface area contributed by atoms with Crippen LogP contribution < -0.4 is 10.5 Å². The highest BCUT2D eigenvalue weighted by Crippen LogP contribution is 2.47. The monoisotopic (exact) mass is 219 g/mol. The fourth-order valence-electron chi connectivity index (χ4n) is 2.00. The van der Waals surface area contributed by atoms with Crippen LogP contribution in [-0.4, -0.2) is 13.2 Å². The maximum Gasteiger partial charge on any atom is 0.119 e. The Hall–Kier alpha value is -1.02. The van der Waals surface area contributed by atoms with Crippen LogP contribution in [0.1, 0.15) is 38.2 Å². The summed E-state index contributed by atoms with van der Waals surface area (Å²) in [5, 5.41) is 0. The lowest BCUT2D eigenvalue weighted by molar-refractivity contribution is 0.309. The average Bonchev–Trinajstić information content (AvgIpc) is 3.11. The number of hydrogen-bond donors (Lipinski definition) is 1. The van der Waals surface area contributed by atoms with Gasteiger partial charge in [-0.3, -0.25) is 0 Å². The van der Waals surface area contributed by atoms with Crippen molar-refractivity contribution in [1.29, 1.82) is 0 Å². The Kier molecular flexibility index (Phi) is 3.49. The third-order valence-electron chi connectivity index (χ3n) is 3.48. The van der Waals surface area contributed by atoms with E-state index in [1.54, 1.807) is 0 Å². The molecule has 1 aromatic rings. The number of nitrogens with two attached hydrogens (primary N) is 1. The normalized spacial score (nSPS) is 17.1. The molecule has 0 spiro atoms. The van der Waals surface area contributed by atoms with Crippen molar-refractivity contribution >= 4 is 0 Å². The Balaban J connectivity index is 1.94. The lowest BCUT2D eigenvalue weighted by atomic mass is 9.96. The summed E-state index contributed by atoms with van der Waals surface area (Å²) in [5.74, 6) is 0.977. The maximum atomic E-state index is 5.81. The molecule has 2 nitrogen and oxygen atoms in total. The summed E-state index contributed by atoms with van der Waals surface area (Å²) in [6.07, 6.45) is 4.77. The van der Waals surface area contributed by atoms with E-state index in [2.05, 4.69) is 31.2 Å². The van der Waals surface area contributed by atoms with Crippen molar-refractivity contribution in [3.63, 3.8) is 0 Å². The molecule has 0 saturated heterocycles. The minimum atomic E-state index is 0.294. The minimum Gasteiger partial charge on any atom is -0.494 e. The lowest BCUT2D eigenvalue weighted by Crippen LogP contribution is -2.19. The predicted octanol–water partition coefficient (Wildman–Crippen LogP) is 2.86. The summed E-state index contributed by atoms with van der Waals surface area (Å²) in [5.41, 5.74) is 7.47. The first-order valence-electron chi connectivity index (χ1n) is 6.24. The van der Waals surface area contributed by atoms with Crippen LogP contribution in [0.4, 0.5) is 0 Å². The summed E-state index contributed by atoms with van der Waals surface area (Å²) < 4.78 is 5.64. The van der Waals surface area contributed by atoms with Crippen molar-refractivity contribution in [2.45, 2.75) is 38.0 Å². The van der Waals surface area contributed by atoms with Crippen molar-refractivity contribution in [2.24, 2.45) is 5.73 Å². The Morgan fingerprint density at radius 2 is 1.94 bits per heavy atom. The van der Waals surface area contributed by atoms with E-state index in [4.69, 9.17) is 10.5 Å².